The topological polar surface area (TPSA) is 111 Å². The van der Waals surface area contributed by atoms with E-state index < -0.39 is 4.92 Å². The van der Waals surface area contributed by atoms with Gasteiger partial charge in [0.25, 0.3) is 11.6 Å². The zero-order valence-electron chi connectivity index (χ0n) is 19.1. The van der Waals surface area contributed by atoms with Crippen LogP contribution in [0, 0.1) is 17.0 Å². The number of rotatable bonds is 7. The molecule has 0 spiro atoms. The average molecular weight is 490 g/mol. The van der Waals surface area contributed by atoms with E-state index in [1.807, 2.05) is 6.07 Å². The lowest BCUT2D eigenvalue weighted by atomic mass is 9.95. The Hall–Kier alpha value is -3.98. The molecular formula is C26H23N3O5S. The molecule has 178 valence electrons. The van der Waals surface area contributed by atoms with Crippen LogP contribution in [0.1, 0.15) is 50.7 Å². The first kappa shape index (κ1) is 22.8. The molecule has 0 aliphatic heterocycles. The maximum absolute atomic E-state index is 13.1. The van der Waals surface area contributed by atoms with Crippen molar-refractivity contribution in [3.8, 4) is 11.3 Å². The van der Waals surface area contributed by atoms with E-state index >= 15 is 0 Å². The third kappa shape index (κ3) is 4.81. The number of nitro groups is 1. The third-order valence-corrected chi connectivity index (χ3v) is 7.21. The van der Waals surface area contributed by atoms with Crippen LogP contribution in [-0.4, -0.2) is 17.0 Å². The zero-order chi connectivity index (χ0) is 24.4. The fourth-order valence-electron chi connectivity index (χ4n) is 4.20. The number of benzene rings is 1. The van der Waals surface area contributed by atoms with E-state index in [0.29, 0.717) is 45.5 Å². The Bertz CT molecular complexity index is 1410. The number of carbonyl (C=O) groups is 1. The van der Waals surface area contributed by atoms with Gasteiger partial charge in [-0.3, -0.25) is 14.9 Å². The second kappa shape index (κ2) is 9.71. The summed E-state index contributed by atoms with van der Waals surface area (Å²) < 4.78 is 11.2. The molecule has 0 saturated carbocycles. The van der Waals surface area contributed by atoms with Gasteiger partial charge in [-0.1, -0.05) is 12.1 Å². The number of carbonyl (C=O) groups excluding carboxylic acids is 1. The SMILES string of the molecule is Cc1ccc(-c2ccc(/C=N\c3sc4c(c3C(=O)NCc3ccco3)CCCC4)o2)cc1[N+](=O)[O-]. The Morgan fingerprint density at radius 2 is 2.09 bits per heavy atom. The number of furan rings is 2. The average Bonchev–Trinajstić information content (AvgIpc) is 3.61. The maximum Gasteiger partial charge on any atom is 0.273 e. The van der Waals surface area contributed by atoms with Gasteiger partial charge in [-0.2, -0.15) is 0 Å². The van der Waals surface area contributed by atoms with Crippen LogP contribution in [0.25, 0.3) is 11.3 Å². The lowest BCUT2D eigenvalue weighted by Gasteiger charge is -2.12. The predicted molar refractivity (Wildman–Crippen MR) is 134 cm³/mol. The summed E-state index contributed by atoms with van der Waals surface area (Å²) in [5, 5.41) is 14.9. The number of nitrogens with one attached hydrogen (secondary N) is 1. The van der Waals surface area contributed by atoms with Crippen molar-refractivity contribution in [3.05, 3.63) is 91.9 Å². The highest BCUT2D eigenvalue weighted by Gasteiger charge is 2.25. The number of hydrogen-bond acceptors (Lipinski definition) is 7. The molecule has 3 aromatic heterocycles. The summed E-state index contributed by atoms with van der Waals surface area (Å²) in [5.74, 6) is 1.53. The molecule has 35 heavy (non-hydrogen) atoms. The van der Waals surface area contributed by atoms with Crippen LogP contribution in [0.3, 0.4) is 0 Å². The van der Waals surface area contributed by atoms with Crippen LogP contribution in [-0.2, 0) is 19.4 Å². The van der Waals surface area contributed by atoms with Crippen molar-refractivity contribution in [2.24, 2.45) is 4.99 Å². The fourth-order valence-corrected chi connectivity index (χ4v) is 5.43. The quantitative estimate of drug-likeness (QED) is 0.184. The molecule has 1 aromatic carbocycles. The molecule has 5 rings (SSSR count). The smallest absolute Gasteiger partial charge is 0.273 e. The van der Waals surface area contributed by atoms with Crippen LogP contribution in [0.2, 0.25) is 0 Å². The molecule has 3 heterocycles. The highest BCUT2D eigenvalue weighted by Crippen LogP contribution is 2.40. The van der Waals surface area contributed by atoms with Crippen molar-refractivity contribution in [3.63, 3.8) is 0 Å². The third-order valence-electron chi connectivity index (χ3n) is 6.01. The van der Waals surface area contributed by atoms with Gasteiger partial charge in [0.05, 0.1) is 29.5 Å². The van der Waals surface area contributed by atoms with E-state index in [0.717, 1.165) is 31.2 Å². The molecule has 4 aromatic rings. The summed E-state index contributed by atoms with van der Waals surface area (Å²) >= 11 is 1.54. The molecule has 0 unspecified atom stereocenters. The molecule has 0 atom stereocenters. The Labute approximate surface area is 205 Å². The second-order valence-corrected chi connectivity index (χ2v) is 9.46. The van der Waals surface area contributed by atoms with Gasteiger partial charge in [0, 0.05) is 22.1 Å². The number of nitrogens with zero attached hydrogens (tertiary/aromatic N) is 2. The molecule has 0 bridgehead atoms. The number of amides is 1. The van der Waals surface area contributed by atoms with Crippen LogP contribution in [0.4, 0.5) is 10.7 Å². The Morgan fingerprint density at radius 3 is 2.89 bits per heavy atom. The van der Waals surface area contributed by atoms with Gasteiger partial charge < -0.3 is 14.2 Å². The normalized spacial score (nSPS) is 13.2. The van der Waals surface area contributed by atoms with Crippen LogP contribution < -0.4 is 5.32 Å². The minimum absolute atomic E-state index is 0.0449. The Morgan fingerprint density at radius 1 is 1.23 bits per heavy atom. The van der Waals surface area contributed by atoms with Crippen molar-refractivity contribution >= 4 is 34.1 Å². The minimum atomic E-state index is -0.402. The van der Waals surface area contributed by atoms with Gasteiger partial charge in [0.15, 0.2) is 0 Å². The maximum atomic E-state index is 13.1. The van der Waals surface area contributed by atoms with E-state index in [-0.39, 0.29) is 11.6 Å². The van der Waals surface area contributed by atoms with Gasteiger partial charge in [-0.05, 0) is 62.4 Å². The molecule has 0 saturated heterocycles. The lowest BCUT2D eigenvalue weighted by Crippen LogP contribution is -2.23. The molecule has 1 amide bonds. The lowest BCUT2D eigenvalue weighted by molar-refractivity contribution is -0.385. The van der Waals surface area contributed by atoms with Crippen molar-refractivity contribution in [2.45, 2.75) is 39.2 Å². The molecule has 0 fully saturated rings. The van der Waals surface area contributed by atoms with E-state index in [4.69, 9.17) is 8.83 Å². The monoisotopic (exact) mass is 489 g/mol. The molecule has 9 heteroatoms. The number of aryl methyl sites for hydroxylation is 2. The van der Waals surface area contributed by atoms with Gasteiger partial charge in [-0.15, -0.1) is 11.3 Å². The standard InChI is InChI=1S/C26H23N3O5S/c1-16-8-9-17(13-21(16)29(31)32)22-11-10-19(34-22)15-28-26-24(20-6-2-3-7-23(20)35-26)25(30)27-14-18-5-4-12-33-18/h4-5,8-13,15H,2-3,6-7,14H2,1H3,(H,27,30)/b28-15-. The predicted octanol–water partition coefficient (Wildman–Crippen LogP) is 6.38. The molecule has 0 radical (unpaired) electrons. The van der Waals surface area contributed by atoms with Crippen LogP contribution >= 0.6 is 11.3 Å². The van der Waals surface area contributed by atoms with Gasteiger partial charge in [0.1, 0.15) is 22.3 Å². The van der Waals surface area contributed by atoms with E-state index in [1.165, 1.54) is 10.9 Å². The van der Waals surface area contributed by atoms with Crippen molar-refractivity contribution in [1.29, 1.82) is 0 Å². The highest BCUT2D eigenvalue weighted by atomic mass is 32.1. The molecule has 8 nitrogen and oxygen atoms in total. The number of hydrogen-bond donors (Lipinski definition) is 1. The number of aliphatic imine (C=N–C) groups is 1. The molecule has 1 N–H and O–H groups in total. The van der Waals surface area contributed by atoms with Gasteiger partial charge >= 0.3 is 0 Å². The Balaban J connectivity index is 1.40. The summed E-state index contributed by atoms with van der Waals surface area (Å²) in [6.45, 7) is 2.01. The first-order chi connectivity index (χ1) is 17.0. The molecule has 1 aliphatic carbocycles. The van der Waals surface area contributed by atoms with Crippen molar-refractivity contribution in [2.75, 3.05) is 0 Å². The summed E-state index contributed by atoms with van der Waals surface area (Å²) in [6.07, 6.45) is 7.14. The van der Waals surface area contributed by atoms with Crippen LogP contribution in [0.15, 0.2) is 62.6 Å². The van der Waals surface area contributed by atoms with E-state index in [1.54, 1.807) is 61.1 Å². The van der Waals surface area contributed by atoms with E-state index in [2.05, 4.69) is 10.3 Å². The zero-order valence-corrected chi connectivity index (χ0v) is 19.9. The number of fused-ring (bicyclic) bond motifs is 1. The largest absolute Gasteiger partial charge is 0.467 e. The van der Waals surface area contributed by atoms with E-state index in [9.17, 15) is 14.9 Å². The number of nitro benzene ring substituents is 1. The first-order valence-electron chi connectivity index (χ1n) is 11.3. The molecular weight excluding hydrogens is 466 g/mol. The summed E-state index contributed by atoms with van der Waals surface area (Å²) in [6, 6.07) is 12.1. The van der Waals surface area contributed by atoms with Gasteiger partial charge in [0.2, 0.25) is 0 Å². The summed E-state index contributed by atoms with van der Waals surface area (Å²) in [4.78, 5) is 29.8. The van der Waals surface area contributed by atoms with Crippen molar-refractivity contribution in [1.82, 2.24) is 5.32 Å². The fraction of sp³-hybridized carbons (Fsp3) is 0.231. The van der Waals surface area contributed by atoms with Crippen LogP contribution in [0.5, 0.6) is 0 Å². The van der Waals surface area contributed by atoms with Gasteiger partial charge in [-0.25, -0.2) is 4.99 Å². The first-order valence-corrected chi connectivity index (χ1v) is 12.2. The summed E-state index contributed by atoms with van der Waals surface area (Å²) in [7, 11) is 0. The summed E-state index contributed by atoms with van der Waals surface area (Å²) in [5.41, 5.74) is 2.95. The van der Waals surface area contributed by atoms with Crippen molar-refractivity contribution < 1.29 is 18.6 Å². The minimum Gasteiger partial charge on any atom is -0.467 e. The molecule has 1 aliphatic rings. The second-order valence-electron chi connectivity index (χ2n) is 8.37. The highest BCUT2D eigenvalue weighted by molar-refractivity contribution is 7.16. The Kier molecular flexibility index (Phi) is 6.33. The number of thiophene rings is 1.